The molecule has 0 aromatic carbocycles. The van der Waals surface area contributed by atoms with Crippen molar-refractivity contribution in [2.75, 3.05) is 25.5 Å². The third-order valence-corrected chi connectivity index (χ3v) is 2.47. The molecule has 16 heavy (non-hydrogen) atoms. The van der Waals surface area contributed by atoms with E-state index in [0.29, 0.717) is 0 Å². The minimum absolute atomic E-state index is 0.927. The molecule has 1 rings (SSSR count). The maximum Gasteiger partial charge on any atom is 0.128 e. The van der Waals surface area contributed by atoms with Crippen LogP contribution in [0.5, 0.6) is 0 Å². The van der Waals surface area contributed by atoms with Gasteiger partial charge in [0, 0.05) is 26.3 Å². The Kier molecular flexibility index (Phi) is 5.26. The van der Waals surface area contributed by atoms with Crippen LogP contribution in [-0.2, 0) is 13.0 Å². The van der Waals surface area contributed by atoms with Gasteiger partial charge < -0.3 is 10.2 Å². The van der Waals surface area contributed by atoms with Gasteiger partial charge in [0.25, 0.3) is 0 Å². The molecule has 3 nitrogen and oxygen atoms in total. The molecule has 0 bridgehead atoms. The number of rotatable bonds is 6. The Morgan fingerprint density at radius 3 is 2.56 bits per heavy atom. The average molecular weight is 221 g/mol. The molecule has 0 amide bonds. The summed E-state index contributed by atoms with van der Waals surface area (Å²) in [4.78, 5) is 6.69. The Morgan fingerprint density at radius 1 is 1.25 bits per heavy atom. The Balaban J connectivity index is 2.89. The summed E-state index contributed by atoms with van der Waals surface area (Å²) in [7, 11) is 4.07. The topological polar surface area (TPSA) is 28.2 Å². The van der Waals surface area contributed by atoms with Crippen molar-refractivity contribution >= 4 is 5.82 Å². The summed E-state index contributed by atoms with van der Waals surface area (Å²) in [6.07, 6.45) is 2.20. The quantitative estimate of drug-likeness (QED) is 0.798. The second kappa shape index (κ2) is 6.48. The number of pyridine rings is 1. The van der Waals surface area contributed by atoms with Gasteiger partial charge in [-0.05, 0) is 30.7 Å². The number of hydrogen-bond donors (Lipinski definition) is 1. The predicted molar refractivity (Wildman–Crippen MR) is 69.9 cm³/mol. The fraction of sp³-hybridized carbons (Fsp3) is 0.615. The standard InChI is InChI=1S/C13H23N3/c1-5-7-12-8-11(10-14-6-2)9-13(15-12)16(3)4/h8-9,14H,5-7,10H2,1-4H3. The lowest BCUT2D eigenvalue weighted by Crippen LogP contribution is -2.15. The van der Waals surface area contributed by atoms with Gasteiger partial charge >= 0.3 is 0 Å². The van der Waals surface area contributed by atoms with Crippen LogP contribution in [0.3, 0.4) is 0 Å². The van der Waals surface area contributed by atoms with Crippen LogP contribution in [0.4, 0.5) is 5.82 Å². The van der Waals surface area contributed by atoms with E-state index in [2.05, 4.69) is 41.2 Å². The van der Waals surface area contributed by atoms with Crippen LogP contribution >= 0.6 is 0 Å². The van der Waals surface area contributed by atoms with Crippen molar-refractivity contribution < 1.29 is 0 Å². The fourth-order valence-electron chi connectivity index (χ4n) is 1.62. The Labute approximate surface area is 98.9 Å². The maximum atomic E-state index is 4.63. The first kappa shape index (κ1) is 13.0. The van der Waals surface area contributed by atoms with E-state index in [4.69, 9.17) is 0 Å². The maximum absolute atomic E-state index is 4.63. The number of aryl methyl sites for hydroxylation is 1. The Bertz CT molecular complexity index is 321. The van der Waals surface area contributed by atoms with Gasteiger partial charge in [-0.1, -0.05) is 20.3 Å². The van der Waals surface area contributed by atoms with Gasteiger partial charge in [-0.25, -0.2) is 4.98 Å². The molecule has 0 saturated heterocycles. The molecule has 0 radical (unpaired) electrons. The van der Waals surface area contributed by atoms with Crippen LogP contribution in [0.15, 0.2) is 12.1 Å². The Morgan fingerprint density at radius 2 is 2.00 bits per heavy atom. The number of aromatic nitrogens is 1. The van der Waals surface area contributed by atoms with E-state index in [1.54, 1.807) is 0 Å². The number of nitrogens with zero attached hydrogens (tertiary/aromatic N) is 2. The summed E-state index contributed by atoms with van der Waals surface area (Å²) in [5.41, 5.74) is 2.52. The monoisotopic (exact) mass is 221 g/mol. The molecule has 1 aromatic heterocycles. The summed E-state index contributed by atoms with van der Waals surface area (Å²) < 4.78 is 0. The third-order valence-electron chi connectivity index (χ3n) is 2.47. The molecular weight excluding hydrogens is 198 g/mol. The third kappa shape index (κ3) is 3.81. The van der Waals surface area contributed by atoms with Crippen LogP contribution < -0.4 is 10.2 Å². The second-order valence-corrected chi connectivity index (χ2v) is 4.25. The van der Waals surface area contributed by atoms with Gasteiger partial charge in [0.1, 0.15) is 5.82 Å². The predicted octanol–water partition coefficient (Wildman–Crippen LogP) is 2.21. The van der Waals surface area contributed by atoms with E-state index >= 15 is 0 Å². The molecule has 1 heterocycles. The number of anilines is 1. The fourth-order valence-corrected chi connectivity index (χ4v) is 1.62. The van der Waals surface area contributed by atoms with Crippen molar-refractivity contribution in [2.45, 2.75) is 33.2 Å². The zero-order valence-corrected chi connectivity index (χ0v) is 10.9. The summed E-state index contributed by atoms with van der Waals surface area (Å²) in [5, 5.41) is 3.35. The van der Waals surface area contributed by atoms with Crippen LogP contribution in [0.1, 0.15) is 31.5 Å². The Hall–Kier alpha value is -1.09. The zero-order valence-electron chi connectivity index (χ0n) is 10.9. The molecule has 0 atom stereocenters. The van der Waals surface area contributed by atoms with Crippen molar-refractivity contribution in [1.29, 1.82) is 0 Å². The normalized spacial score (nSPS) is 10.5. The molecule has 1 aromatic rings. The lowest BCUT2D eigenvalue weighted by atomic mass is 10.1. The lowest BCUT2D eigenvalue weighted by Gasteiger charge is -2.15. The first-order valence-corrected chi connectivity index (χ1v) is 6.05. The van der Waals surface area contributed by atoms with E-state index in [-0.39, 0.29) is 0 Å². The van der Waals surface area contributed by atoms with Crippen LogP contribution in [0, 0.1) is 0 Å². The van der Waals surface area contributed by atoms with E-state index in [0.717, 1.165) is 31.7 Å². The van der Waals surface area contributed by atoms with Crippen LogP contribution in [-0.4, -0.2) is 25.6 Å². The molecule has 0 aliphatic heterocycles. The van der Waals surface area contributed by atoms with E-state index < -0.39 is 0 Å². The number of nitrogens with one attached hydrogen (secondary N) is 1. The van der Waals surface area contributed by atoms with Gasteiger partial charge in [-0.3, -0.25) is 0 Å². The van der Waals surface area contributed by atoms with Crippen molar-refractivity contribution in [3.8, 4) is 0 Å². The first-order chi connectivity index (χ1) is 7.67. The van der Waals surface area contributed by atoms with Crippen molar-refractivity contribution in [2.24, 2.45) is 0 Å². The van der Waals surface area contributed by atoms with E-state index in [1.165, 1.54) is 11.3 Å². The minimum atomic E-state index is 0.927. The van der Waals surface area contributed by atoms with E-state index in [9.17, 15) is 0 Å². The molecular formula is C13H23N3. The highest BCUT2D eigenvalue weighted by Gasteiger charge is 2.03. The van der Waals surface area contributed by atoms with Gasteiger partial charge in [-0.15, -0.1) is 0 Å². The largest absolute Gasteiger partial charge is 0.363 e. The highest BCUT2D eigenvalue weighted by Crippen LogP contribution is 2.14. The van der Waals surface area contributed by atoms with Crippen LogP contribution in [0.2, 0.25) is 0 Å². The lowest BCUT2D eigenvalue weighted by molar-refractivity contribution is 0.723. The molecule has 0 spiro atoms. The van der Waals surface area contributed by atoms with Gasteiger partial charge in [0.15, 0.2) is 0 Å². The average Bonchev–Trinajstić information content (AvgIpc) is 2.26. The van der Waals surface area contributed by atoms with Gasteiger partial charge in [0.2, 0.25) is 0 Å². The number of hydrogen-bond acceptors (Lipinski definition) is 3. The molecule has 0 aliphatic rings. The van der Waals surface area contributed by atoms with Crippen LogP contribution in [0.25, 0.3) is 0 Å². The highest BCUT2D eigenvalue weighted by molar-refractivity contribution is 5.41. The summed E-state index contributed by atoms with van der Waals surface area (Å²) in [5.74, 6) is 1.05. The minimum Gasteiger partial charge on any atom is -0.363 e. The van der Waals surface area contributed by atoms with E-state index in [1.807, 2.05) is 14.1 Å². The molecule has 1 N–H and O–H groups in total. The molecule has 0 saturated carbocycles. The molecule has 0 aliphatic carbocycles. The summed E-state index contributed by atoms with van der Waals surface area (Å²) in [6.45, 7) is 6.24. The summed E-state index contributed by atoms with van der Waals surface area (Å²) in [6, 6.07) is 4.36. The molecule has 0 unspecified atom stereocenters. The van der Waals surface area contributed by atoms with Crippen molar-refractivity contribution in [3.05, 3.63) is 23.4 Å². The zero-order chi connectivity index (χ0) is 12.0. The SMILES string of the molecule is CCCc1cc(CNCC)cc(N(C)C)n1. The second-order valence-electron chi connectivity index (χ2n) is 4.25. The first-order valence-electron chi connectivity index (χ1n) is 6.05. The van der Waals surface area contributed by atoms with Gasteiger partial charge in [0.05, 0.1) is 0 Å². The van der Waals surface area contributed by atoms with Gasteiger partial charge in [-0.2, -0.15) is 0 Å². The smallest absolute Gasteiger partial charge is 0.128 e. The molecule has 0 fully saturated rings. The molecule has 90 valence electrons. The molecule has 3 heteroatoms. The van der Waals surface area contributed by atoms with Crippen molar-refractivity contribution in [1.82, 2.24) is 10.3 Å². The summed E-state index contributed by atoms with van der Waals surface area (Å²) >= 11 is 0. The highest BCUT2D eigenvalue weighted by atomic mass is 15.1. The van der Waals surface area contributed by atoms with Crippen molar-refractivity contribution in [3.63, 3.8) is 0 Å².